The Morgan fingerprint density at radius 3 is 1.51 bits per heavy atom. The summed E-state index contributed by atoms with van der Waals surface area (Å²) in [5, 5.41) is 11.7. The number of halogens is 2. The predicted octanol–water partition coefficient (Wildman–Crippen LogP) is 5.48. The number of rotatable bonds is 8. The first-order valence-electron chi connectivity index (χ1n) is 13.8. The van der Waals surface area contributed by atoms with Gasteiger partial charge in [-0.3, -0.25) is 9.36 Å². The first kappa shape index (κ1) is 34.1. The minimum Gasteiger partial charge on any atom is -0.317 e. The molecule has 1 saturated heterocycles. The average Bonchev–Trinajstić information content (AvgIpc) is 3.57. The Morgan fingerprint density at radius 2 is 1.15 bits per heavy atom. The van der Waals surface area contributed by atoms with E-state index in [-0.39, 0.29) is 34.8 Å². The molecule has 4 rings (SSSR count). The maximum Gasteiger partial charge on any atom is 0.181 e. The van der Waals surface area contributed by atoms with Gasteiger partial charge in [-0.15, -0.1) is 23.2 Å². The van der Waals surface area contributed by atoms with Crippen LogP contribution in [0.4, 0.5) is 0 Å². The van der Waals surface area contributed by atoms with Crippen LogP contribution in [0.25, 0.3) is 0 Å². The zero-order chi connectivity index (χ0) is 29.1. The van der Waals surface area contributed by atoms with E-state index in [1.165, 1.54) is 31.7 Å². The van der Waals surface area contributed by atoms with Crippen LogP contribution in [-0.4, -0.2) is 66.3 Å². The molecule has 39 heavy (non-hydrogen) atoms. The van der Waals surface area contributed by atoms with Crippen molar-refractivity contribution in [2.75, 3.05) is 29.9 Å². The summed E-state index contributed by atoms with van der Waals surface area (Å²) in [6.07, 6.45) is 13.8. The number of aromatic nitrogens is 4. The average molecular weight is 627 g/mol. The van der Waals surface area contributed by atoms with Crippen molar-refractivity contribution in [1.29, 1.82) is 0 Å². The lowest BCUT2D eigenvalue weighted by atomic mass is 9.91. The second-order valence-electron chi connectivity index (χ2n) is 10.9. The fourth-order valence-electron chi connectivity index (χ4n) is 4.74. The third-order valence-corrected chi connectivity index (χ3v) is 10.7. The minimum atomic E-state index is -3.18. The number of alkyl halides is 2. The van der Waals surface area contributed by atoms with Crippen LogP contribution < -0.4 is 5.32 Å². The highest BCUT2D eigenvalue weighted by atomic mass is 35.5. The van der Waals surface area contributed by atoms with E-state index in [0.29, 0.717) is 15.7 Å². The Hall–Kier alpha value is -1.14. The molecule has 2 aromatic heterocycles. The third kappa shape index (κ3) is 11.3. The standard InChI is InChI=1S/C13H22N2O2S.C12H21N3O2S.CH2Cl2/c1-11(2)15-9-13(8-14-15)18(16,17)10-12-6-4-3-5-7-12;1-10(2)15-8-12(7-14-15)18(16,17)9-11-3-5-13-6-4-11;2-1-3/h8-9,11-12H,3-7,10H2,1-2H3;7-8,10-11,13H,3-6,9H2,1-2H3;1H2. The lowest BCUT2D eigenvalue weighted by Gasteiger charge is -2.21. The molecule has 2 aliphatic rings. The molecule has 0 aromatic carbocycles. The number of piperidine rings is 1. The smallest absolute Gasteiger partial charge is 0.181 e. The van der Waals surface area contributed by atoms with Crippen molar-refractivity contribution >= 4 is 42.9 Å². The van der Waals surface area contributed by atoms with E-state index in [2.05, 4.69) is 15.5 Å². The molecule has 0 bridgehead atoms. The van der Waals surface area contributed by atoms with Gasteiger partial charge in [0.25, 0.3) is 0 Å². The maximum atomic E-state index is 12.3. The Kier molecular flexibility index (Phi) is 14.3. The van der Waals surface area contributed by atoms with Crippen LogP contribution >= 0.6 is 23.2 Å². The molecule has 0 spiro atoms. The molecule has 13 heteroatoms. The molecule has 3 heterocycles. The molecule has 9 nitrogen and oxygen atoms in total. The van der Waals surface area contributed by atoms with Gasteiger partial charge in [-0.1, -0.05) is 19.3 Å². The largest absolute Gasteiger partial charge is 0.317 e. The van der Waals surface area contributed by atoms with Crippen molar-refractivity contribution in [3.05, 3.63) is 24.8 Å². The fourth-order valence-corrected chi connectivity index (χ4v) is 7.99. The predicted molar refractivity (Wildman–Crippen MR) is 158 cm³/mol. The molecule has 2 fully saturated rings. The highest BCUT2D eigenvalue weighted by Crippen LogP contribution is 2.27. The van der Waals surface area contributed by atoms with Gasteiger partial charge in [0.2, 0.25) is 0 Å². The van der Waals surface area contributed by atoms with Crippen LogP contribution in [0.1, 0.15) is 84.7 Å². The zero-order valence-electron chi connectivity index (χ0n) is 23.6. The normalized spacial score (nSPS) is 17.4. The van der Waals surface area contributed by atoms with Gasteiger partial charge in [-0.2, -0.15) is 10.2 Å². The van der Waals surface area contributed by atoms with Gasteiger partial charge in [0.05, 0.1) is 29.2 Å². The molecule has 1 aliphatic heterocycles. The van der Waals surface area contributed by atoms with Crippen LogP contribution in [0.2, 0.25) is 0 Å². The van der Waals surface area contributed by atoms with Gasteiger partial charge < -0.3 is 5.32 Å². The van der Waals surface area contributed by atoms with Crippen molar-refractivity contribution in [3.8, 4) is 0 Å². The van der Waals surface area contributed by atoms with E-state index >= 15 is 0 Å². The summed E-state index contributed by atoms with van der Waals surface area (Å²) >= 11 is 9.53. The van der Waals surface area contributed by atoms with Crippen molar-refractivity contribution < 1.29 is 16.8 Å². The van der Waals surface area contributed by atoms with Gasteiger partial charge in [0, 0.05) is 24.5 Å². The molecule has 0 radical (unpaired) electrons. The lowest BCUT2D eigenvalue weighted by molar-refractivity contribution is 0.385. The number of hydrogen-bond acceptors (Lipinski definition) is 7. The third-order valence-electron chi connectivity index (χ3n) is 7.03. The Labute approximate surface area is 244 Å². The van der Waals surface area contributed by atoms with E-state index in [1.54, 1.807) is 21.8 Å². The second kappa shape index (κ2) is 16.3. The summed E-state index contributed by atoms with van der Waals surface area (Å²) in [5.41, 5.74) is 0. The van der Waals surface area contributed by atoms with Gasteiger partial charge >= 0.3 is 0 Å². The first-order chi connectivity index (χ1) is 18.4. The quantitative estimate of drug-likeness (QED) is 0.386. The SMILES string of the molecule is CC(C)n1cc(S(=O)(=O)CC2CCCCC2)cn1.CC(C)n1cc(S(=O)(=O)CC2CCNCC2)cn1.ClCCl. The van der Waals surface area contributed by atoms with Crippen LogP contribution in [0, 0.1) is 11.8 Å². The summed E-state index contributed by atoms with van der Waals surface area (Å²) in [5.74, 6) is 1.15. The lowest BCUT2D eigenvalue weighted by Crippen LogP contribution is -2.31. The maximum absolute atomic E-state index is 12.3. The van der Waals surface area contributed by atoms with Gasteiger partial charge in [-0.05, 0) is 78.3 Å². The van der Waals surface area contributed by atoms with Crippen molar-refractivity contribution in [3.63, 3.8) is 0 Å². The van der Waals surface area contributed by atoms with Crippen LogP contribution in [0.5, 0.6) is 0 Å². The summed E-state index contributed by atoms with van der Waals surface area (Å²) in [7, 11) is -6.34. The van der Waals surface area contributed by atoms with E-state index in [0.717, 1.165) is 38.8 Å². The molecule has 1 aliphatic carbocycles. The molecule has 0 unspecified atom stereocenters. The van der Waals surface area contributed by atoms with Crippen molar-refractivity contribution in [2.45, 2.75) is 94.5 Å². The Balaban J connectivity index is 0.000000249. The highest BCUT2D eigenvalue weighted by molar-refractivity contribution is 7.91. The first-order valence-corrected chi connectivity index (χ1v) is 18.1. The van der Waals surface area contributed by atoms with Crippen molar-refractivity contribution in [1.82, 2.24) is 24.9 Å². The molecule has 2 aromatic rings. The number of nitrogens with one attached hydrogen (secondary N) is 1. The highest BCUT2D eigenvalue weighted by Gasteiger charge is 2.25. The van der Waals surface area contributed by atoms with Crippen LogP contribution in [0.3, 0.4) is 0 Å². The summed E-state index contributed by atoms with van der Waals surface area (Å²) in [4.78, 5) is 0.733. The number of sulfone groups is 2. The summed E-state index contributed by atoms with van der Waals surface area (Å²) < 4.78 is 52.5. The van der Waals surface area contributed by atoms with Crippen molar-refractivity contribution in [2.24, 2.45) is 11.8 Å². The van der Waals surface area contributed by atoms with E-state index in [4.69, 9.17) is 23.2 Å². The fraction of sp³-hybridized carbons (Fsp3) is 0.769. The molecule has 224 valence electrons. The molecule has 1 N–H and O–H groups in total. The molecule has 0 atom stereocenters. The topological polar surface area (TPSA) is 116 Å². The molecule has 0 amide bonds. The van der Waals surface area contributed by atoms with Crippen LogP contribution in [-0.2, 0) is 19.7 Å². The van der Waals surface area contributed by atoms with Gasteiger partial charge in [0.15, 0.2) is 19.7 Å². The van der Waals surface area contributed by atoms with Gasteiger partial charge in [-0.25, -0.2) is 16.8 Å². The number of hydrogen-bond donors (Lipinski definition) is 1. The zero-order valence-corrected chi connectivity index (χ0v) is 26.7. The second-order valence-corrected chi connectivity index (χ2v) is 15.7. The van der Waals surface area contributed by atoms with E-state index in [1.807, 2.05) is 27.7 Å². The monoisotopic (exact) mass is 625 g/mol. The van der Waals surface area contributed by atoms with Gasteiger partial charge in [0.1, 0.15) is 9.79 Å². The van der Waals surface area contributed by atoms with E-state index in [9.17, 15) is 16.8 Å². The molecular weight excluding hydrogens is 581 g/mol. The number of nitrogens with zero attached hydrogens (tertiary/aromatic N) is 4. The van der Waals surface area contributed by atoms with E-state index < -0.39 is 19.7 Å². The van der Waals surface area contributed by atoms with Crippen LogP contribution in [0.15, 0.2) is 34.6 Å². The molecular formula is C26H45Cl2N5O4S2. The Bertz CT molecular complexity index is 1090. The Morgan fingerprint density at radius 1 is 0.769 bits per heavy atom. The minimum absolute atomic E-state index is 0.188. The summed E-state index contributed by atoms with van der Waals surface area (Å²) in [6.45, 7) is 9.79. The summed E-state index contributed by atoms with van der Waals surface area (Å²) in [6, 6.07) is 0.386. The molecule has 1 saturated carbocycles.